The van der Waals surface area contributed by atoms with Crippen LogP contribution in [-0.4, -0.2) is 34.5 Å². The summed E-state index contributed by atoms with van der Waals surface area (Å²) in [7, 11) is 0. The summed E-state index contributed by atoms with van der Waals surface area (Å²) >= 11 is 0. The van der Waals surface area contributed by atoms with Gasteiger partial charge in [-0.3, -0.25) is 4.99 Å². The summed E-state index contributed by atoms with van der Waals surface area (Å²) in [6.45, 7) is 9.53. The van der Waals surface area contributed by atoms with Crippen molar-refractivity contribution in [3.05, 3.63) is 52.8 Å². The van der Waals surface area contributed by atoms with E-state index in [9.17, 15) is 14.3 Å². The van der Waals surface area contributed by atoms with E-state index in [1.807, 2.05) is 6.07 Å². The standard InChI is InChI=1S/C23H27FN2O3/c1-5-8-26-20-11-19(24)15(9-17(20)14(2)12-23(26,3)4)13-25-16-6-7-21(27)18(10-16)22(28)29/h6-7,9-11,13-14,27H,5,8,12H2,1-4H3,(H,28,29). The zero-order valence-electron chi connectivity index (χ0n) is 17.2. The molecular weight excluding hydrogens is 371 g/mol. The predicted octanol–water partition coefficient (Wildman–Crippen LogP) is 5.48. The summed E-state index contributed by atoms with van der Waals surface area (Å²) in [6.07, 6.45) is 3.36. The number of phenols is 1. The average molecular weight is 398 g/mol. The van der Waals surface area contributed by atoms with Crippen LogP contribution in [0.3, 0.4) is 0 Å². The molecule has 154 valence electrons. The lowest BCUT2D eigenvalue weighted by Crippen LogP contribution is -2.48. The van der Waals surface area contributed by atoms with Crippen molar-refractivity contribution in [2.24, 2.45) is 4.99 Å². The van der Waals surface area contributed by atoms with Crippen LogP contribution >= 0.6 is 0 Å². The fourth-order valence-corrected chi connectivity index (χ4v) is 4.19. The number of carbonyl (C=O) groups is 1. The third-order valence-corrected chi connectivity index (χ3v) is 5.51. The number of rotatable bonds is 5. The van der Waals surface area contributed by atoms with E-state index in [4.69, 9.17) is 5.11 Å². The Morgan fingerprint density at radius 2 is 2.07 bits per heavy atom. The summed E-state index contributed by atoms with van der Waals surface area (Å²) < 4.78 is 14.9. The zero-order chi connectivity index (χ0) is 21.3. The Labute approximate surface area is 170 Å². The number of fused-ring (bicyclic) bond motifs is 1. The van der Waals surface area contributed by atoms with Crippen LogP contribution in [0.2, 0.25) is 0 Å². The topological polar surface area (TPSA) is 73.1 Å². The fraction of sp³-hybridized carbons (Fsp3) is 0.391. The molecule has 2 aromatic carbocycles. The van der Waals surface area contributed by atoms with Crippen molar-refractivity contribution in [3.63, 3.8) is 0 Å². The molecule has 0 spiro atoms. The normalized spacial score (nSPS) is 18.1. The molecule has 6 heteroatoms. The minimum absolute atomic E-state index is 0.0380. The van der Waals surface area contributed by atoms with Crippen LogP contribution in [0.5, 0.6) is 5.75 Å². The van der Waals surface area contributed by atoms with Gasteiger partial charge in [0.15, 0.2) is 0 Å². The molecule has 1 heterocycles. The van der Waals surface area contributed by atoms with Crippen molar-refractivity contribution in [2.45, 2.75) is 52.0 Å². The molecule has 2 N–H and O–H groups in total. The van der Waals surface area contributed by atoms with Crippen LogP contribution in [0.15, 0.2) is 35.3 Å². The number of anilines is 1. The predicted molar refractivity (Wildman–Crippen MR) is 113 cm³/mol. The van der Waals surface area contributed by atoms with Gasteiger partial charge < -0.3 is 15.1 Å². The summed E-state index contributed by atoms with van der Waals surface area (Å²) in [5, 5.41) is 18.7. The van der Waals surface area contributed by atoms with Crippen molar-refractivity contribution in [1.82, 2.24) is 0 Å². The van der Waals surface area contributed by atoms with E-state index in [0.29, 0.717) is 11.3 Å². The van der Waals surface area contributed by atoms with Gasteiger partial charge in [-0.2, -0.15) is 0 Å². The first-order valence-corrected chi connectivity index (χ1v) is 9.85. The molecule has 5 nitrogen and oxygen atoms in total. The number of hydrogen-bond donors (Lipinski definition) is 2. The summed E-state index contributed by atoms with van der Waals surface area (Å²) in [5.41, 5.74) is 2.44. The fourth-order valence-electron chi connectivity index (χ4n) is 4.19. The first kappa shape index (κ1) is 20.8. The molecule has 0 fully saturated rings. The second kappa shape index (κ2) is 7.85. The van der Waals surface area contributed by atoms with Gasteiger partial charge in [-0.25, -0.2) is 9.18 Å². The van der Waals surface area contributed by atoms with Gasteiger partial charge in [-0.05, 0) is 68.5 Å². The van der Waals surface area contributed by atoms with Gasteiger partial charge in [0.25, 0.3) is 0 Å². The molecule has 3 rings (SSSR count). The number of hydrogen-bond acceptors (Lipinski definition) is 4. The van der Waals surface area contributed by atoms with Crippen LogP contribution in [0.1, 0.15) is 67.9 Å². The Morgan fingerprint density at radius 1 is 1.34 bits per heavy atom. The number of carboxylic acid groups (broad SMARTS) is 1. The molecule has 0 bridgehead atoms. The van der Waals surface area contributed by atoms with Crippen molar-refractivity contribution in [1.29, 1.82) is 0 Å². The lowest BCUT2D eigenvalue weighted by atomic mass is 9.79. The zero-order valence-corrected chi connectivity index (χ0v) is 17.2. The molecule has 1 unspecified atom stereocenters. The van der Waals surface area contributed by atoms with Crippen molar-refractivity contribution in [2.75, 3.05) is 11.4 Å². The first-order chi connectivity index (χ1) is 13.6. The van der Waals surface area contributed by atoms with Gasteiger partial charge in [0.05, 0.1) is 5.69 Å². The molecule has 0 aliphatic carbocycles. The minimum atomic E-state index is -1.24. The molecule has 1 aliphatic heterocycles. The van der Waals surface area contributed by atoms with Gasteiger partial charge >= 0.3 is 5.97 Å². The lowest BCUT2D eigenvalue weighted by molar-refractivity contribution is 0.0693. The molecule has 1 atom stereocenters. The highest BCUT2D eigenvalue weighted by molar-refractivity contribution is 5.92. The van der Waals surface area contributed by atoms with E-state index in [2.05, 4.69) is 37.6 Å². The summed E-state index contributed by atoms with van der Waals surface area (Å²) in [6, 6.07) is 7.45. The number of aromatic hydroxyl groups is 1. The van der Waals surface area contributed by atoms with Crippen molar-refractivity contribution < 1.29 is 19.4 Å². The third kappa shape index (κ3) is 4.11. The molecule has 0 saturated carbocycles. The Balaban J connectivity index is 1.99. The maximum absolute atomic E-state index is 14.9. The van der Waals surface area contributed by atoms with Crippen LogP contribution in [-0.2, 0) is 0 Å². The van der Waals surface area contributed by atoms with Crippen molar-refractivity contribution in [3.8, 4) is 5.75 Å². The molecule has 0 radical (unpaired) electrons. The van der Waals surface area contributed by atoms with Crippen LogP contribution in [0.4, 0.5) is 15.8 Å². The Bertz CT molecular complexity index is 969. The summed E-state index contributed by atoms with van der Waals surface area (Å²) in [4.78, 5) is 17.7. The number of halogens is 1. The largest absolute Gasteiger partial charge is 0.507 e. The number of benzene rings is 2. The molecule has 0 aromatic heterocycles. The molecule has 2 aromatic rings. The SMILES string of the molecule is CCCN1c2cc(F)c(C=Nc3ccc(O)c(C(=O)O)c3)cc2C(C)CC1(C)C. The van der Waals surface area contributed by atoms with Gasteiger partial charge in [0.2, 0.25) is 0 Å². The monoisotopic (exact) mass is 398 g/mol. The highest BCUT2D eigenvalue weighted by atomic mass is 19.1. The number of carboxylic acids is 1. The van der Waals surface area contributed by atoms with Gasteiger partial charge in [0, 0.05) is 29.5 Å². The Morgan fingerprint density at radius 3 is 2.72 bits per heavy atom. The van der Waals surface area contributed by atoms with Crippen molar-refractivity contribution >= 4 is 23.6 Å². The van der Waals surface area contributed by atoms with E-state index in [1.54, 1.807) is 6.07 Å². The molecule has 1 aliphatic rings. The lowest BCUT2D eigenvalue weighted by Gasteiger charge is -2.47. The van der Waals surface area contributed by atoms with Gasteiger partial charge in [-0.15, -0.1) is 0 Å². The molecule has 0 saturated heterocycles. The summed E-state index contributed by atoms with van der Waals surface area (Å²) in [5.74, 6) is -1.65. The maximum atomic E-state index is 14.9. The van der Waals surface area contributed by atoms with E-state index in [-0.39, 0.29) is 28.6 Å². The van der Waals surface area contributed by atoms with E-state index >= 15 is 0 Å². The van der Waals surface area contributed by atoms with Crippen LogP contribution in [0, 0.1) is 5.82 Å². The number of nitrogens with zero attached hydrogens (tertiary/aromatic N) is 2. The minimum Gasteiger partial charge on any atom is -0.507 e. The second-order valence-corrected chi connectivity index (χ2v) is 8.27. The van der Waals surface area contributed by atoms with Crippen LogP contribution in [0.25, 0.3) is 0 Å². The number of aliphatic imine (C=N–C) groups is 1. The first-order valence-electron chi connectivity index (χ1n) is 9.85. The van der Waals surface area contributed by atoms with E-state index < -0.39 is 5.97 Å². The van der Waals surface area contributed by atoms with E-state index in [0.717, 1.165) is 30.6 Å². The average Bonchev–Trinajstić information content (AvgIpc) is 2.64. The Hall–Kier alpha value is -2.89. The second-order valence-electron chi connectivity index (χ2n) is 8.27. The molecule has 29 heavy (non-hydrogen) atoms. The Kier molecular flexibility index (Phi) is 5.64. The van der Waals surface area contributed by atoms with Gasteiger partial charge in [0.1, 0.15) is 17.1 Å². The van der Waals surface area contributed by atoms with Gasteiger partial charge in [-0.1, -0.05) is 13.8 Å². The molecular formula is C23H27FN2O3. The number of aromatic carboxylic acids is 1. The smallest absolute Gasteiger partial charge is 0.339 e. The van der Waals surface area contributed by atoms with E-state index in [1.165, 1.54) is 24.4 Å². The quantitative estimate of drug-likeness (QED) is 0.654. The third-order valence-electron chi connectivity index (χ3n) is 5.51. The van der Waals surface area contributed by atoms with Crippen LogP contribution < -0.4 is 4.90 Å². The maximum Gasteiger partial charge on any atom is 0.339 e. The highest BCUT2D eigenvalue weighted by Gasteiger charge is 2.36. The highest BCUT2D eigenvalue weighted by Crippen LogP contribution is 2.44. The molecule has 0 amide bonds.